The van der Waals surface area contributed by atoms with Crippen LogP contribution in [0.15, 0.2) is 12.3 Å². The molecule has 1 fully saturated rings. The molecule has 124 valence electrons. The Balaban J connectivity index is 2.12. The Bertz CT molecular complexity index is 715. The number of morpholine rings is 1. The molecular weight excluding hydrogens is 292 g/mol. The zero-order valence-corrected chi connectivity index (χ0v) is 14.2. The van der Waals surface area contributed by atoms with Gasteiger partial charge in [0.1, 0.15) is 0 Å². The van der Waals surface area contributed by atoms with Crippen LogP contribution in [0.5, 0.6) is 0 Å². The van der Waals surface area contributed by atoms with Crippen molar-refractivity contribution in [3.63, 3.8) is 0 Å². The normalized spacial score (nSPS) is 15.8. The van der Waals surface area contributed by atoms with E-state index in [1.807, 2.05) is 15.6 Å². The molecule has 0 aliphatic carbocycles. The largest absolute Gasteiger partial charge is 0.378 e. The van der Waals surface area contributed by atoms with Crippen LogP contribution in [0.2, 0.25) is 0 Å². The van der Waals surface area contributed by atoms with Crippen LogP contribution in [0, 0.1) is 0 Å². The SMILES string of the molecule is CC(C)c1cc(C(=O)N2CCOCC2)c2cnn(C(C)C)c2n1. The second-order valence-electron chi connectivity index (χ2n) is 6.57. The van der Waals surface area contributed by atoms with Gasteiger partial charge in [0.25, 0.3) is 5.91 Å². The van der Waals surface area contributed by atoms with E-state index in [0.717, 1.165) is 16.7 Å². The maximum atomic E-state index is 13.0. The third-order valence-electron chi connectivity index (χ3n) is 4.20. The maximum absolute atomic E-state index is 13.0. The monoisotopic (exact) mass is 316 g/mol. The molecule has 0 unspecified atom stereocenters. The molecule has 3 heterocycles. The molecular formula is C17H24N4O2. The first kappa shape index (κ1) is 15.9. The van der Waals surface area contributed by atoms with E-state index in [0.29, 0.717) is 31.9 Å². The minimum absolute atomic E-state index is 0.0471. The number of rotatable bonds is 3. The van der Waals surface area contributed by atoms with Crippen molar-refractivity contribution in [1.82, 2.24) is 19.7 Å². The van der Waals surface area contributed by atoms with Crippen molar-refractivity contribution in [1.29, 1.82) is 0 Å². The van der Waals surface area contributed by atoms with Crippen LogP contribution in [0.4, 0.5) is 0 Å². The van der Waals surface area contributed by atoms with Crippen molar-refractivity contribution in [2.45, 2.75) is 39.7 Å². The highest BCUT2D eigenvalue weighted by Crippen LogP contribution is 2.25. The second kappa shape index (κ2) is 6.28. The van der Waals surface area contributed by atoms with Crippen LogP contribution in [-0.4, -0.2) is 51.9 Å². The van der Waals surface area contributed by atoms with Gasteiger partial charge in [0.2, 0.25) is 0 Å². The number of carbonyl (C=O) groups is 1. The first-order chi connectivity index (χ1) is 11.0. The lowest BCUT2D eigenvalue weighted by Gasteiger charge is -2.27. The lowest BCUT2D eigenvalue weighted by molar-refractivity contribution is 0.0304. The Hall–Kier alpha value is -1.95. The average molecular weight is 316 g/mol. The zero-order chi connectivity index (χ0) is 16.6. The van der Waals surface area contributed by atoms with Gasteiger partial charge >= 0.3 is 0 Å². The Kier molecular flexibility index (Phi) is 4.35. The molecule has 2 aromatic rings. The third kappa shape index (κ3) is 2.95. The summed E-state index contributed by atoms with van der Waals surface area (Å²) in [4.78, 5) is 19.6. The highest BCUT2D eigenvalue weighted by atomic mass is 16.5. The fraction of sp³-hybridized carbons (Fsp3) is 0.588. The third-order valence-corrected chi connectivity index (χ3v) is 4.20. The summed E-state index contributed by atoms with van der Waals surface area (Å²) in [6.45, 7) is 10.8. The minimum atomic E-state index is 0.0471. The summed E-state index contributed by atoms with van der Waals surface area (Å²) in [5.41, 5.74) is 2.42. The van der Waals surface area contributed by atoms with Gasteiger partial charge in [0.15, 0.2) is 5.65 Å². The molecule has 0 saturated carbocycles. The molecule has 1 saturated heterocycles. The van der Waals surface area contributed by atoms with Crippen molar-refractivity contribution < 1.29 is 9.53 Å². The molecule has 23 heavy (non-hydrogen) atoms. The van der Waals surface area contributed by atoms with Crippen LogP contribution in [0.25, 0.3) is 11.0 Å². The van der Waals surface area contributed by atoms with E-state index in [2.05, 4.69) is 32.8 Å². The Morgan fingerprint density at radius 2 is 1.91 bits per heavy atom. The standard InChI is InChI=1S/C17H24N4O2/c1-11(2)15-9-13(17(22)20-5-7-23-8-6-20)14-10-18-21(12(3)4)16(14)19-15/h9-12H,5-8H2,1-4H3. The van der Waals surface area contributed by atoms with Gasteiger partial charge in [-0.15, -0.1) is 0 Å². The van der Waals surface area contributed by atoms with E-state index in [9.17, 15) is 4.79 Å². The number of fused-ring (bicyclic) bond motifs is 1. The van der Waals surface area contributed by atoms with Gasteiger partial charge in [-0.05, 0) is 25.8 Å². The first-order valence-electron chi connectivity index (χ1n) is 8.24. The second-order valence-corrected chi connectivity index (χ2v) is 6.57. The van der Waals surface area contributed by atoms with Crippen molar-refractivity contribution >= 4 is 16.9 Å². The first-order valence-corrected chi connectivity index (χ1v) is 8.24. The molecule has 6 nitrogen and oxygen atoms in total. The molecule has 2 aromatic heterocycles. The summed E-state index contributed by atoms with van der Waals surface area (Å²) in [6, 6.07) is 2.13. The molecule has 6 heteroatoms. The predicted octanol–water partition coefficient (Wildman–Crippen LogP) is 2.61. The summed E-state index contributed by atoms with van der Waals surface area (Å²) in [6.07, 6.45) is 1.76. The summed E-state index contributed by atoms with van der Waals surface area (Å²) >= 11 is 0. The van der Waals surface area contributed by atoms with Gasteiger partial charge in [-0.2, -0.15) is 5.10 Å². The summed E-state index contributed by atoms with van der Waals surface area (Å²) in [5, 5.41) is 5.28. The van der Waals surface area contributed by atoms with E-state index in [4.69, 9.17) is 9.72 Å². The van der Waals surface area contributed by atoms with E-state index >= 15 is 0 Å². The molecule has 3 rings (SSSR count). The number of hydrogen-bond acceptors (Lipinski definition) is 4. The van der Waals surface area contributed by atoms with Crippen LogP contribution >= 0.6 is 0 Å². The molecule has 0 spiro atoms. The van der Waals surface area contributed by atoms with Crippen LogP contribution < -0.4 is 0 Å². The summed E-state index contributed by atoms with van der Waals surface area (Å²) in [7, 11) is 0. The van der Waals surface area contributed by atoms with Gasteiger partial charge in [-0.1, -0.05) is 13.8 Å². The Labute approximate surface area is 136 Å². The predicted molar refractivity (Wildman–Crippen MR) is 88.7 cm³/mol. The topological polar surface area (TPSA) is 60.3 Å². The molecule has 0 atom stereocenters. The minimum Gasteiger partial charge on any atom is -0.378 e. The smallest absolute Gasteiger partial charge is 0.254 e. The van der Waals surface area contributed by atoms with E-state index in [1.54, 1.807) is 6.20 Å². The number of hydrogen-bond donors (Lipinski definition) is 0. The highest BCUT2D eigenvalue weighted by Gasteiger charge is 2.24. The van der Waals surface area contributed by atoms with E-state index in [-0.39, 0.29) is 17.9 Å². The average Bonchev–Trinajstić information content (AvgIpc) is 2.98. The van der Waals surface area contributed by atoms with Crippen LogP contribution in [-0.2, 0) is 4.74 Å². The number of ether oxygens (including phenoxy) is 1. The lowest BCUT2D eigenvalue weighted by Crippen LogP contribution is -2.40. The number of pyridine rings is 1. The van der Waals surface area contributed by atoms with Crippen LogP contribution in [0.3, 0.4) is 0 Å². The quantitative estimate of drug-likeness (QED) is 0.873. The lowest BCUT2D eigenvalue weighted by atomic mass is 10.0. The molecule has 0 aromatic carbocycles. The summed E-state index contributed by atoms with van der Waals surface area (Å²) in [5.74, 6) is 0.303. The van der Waals surface area contributed by atoms with Gasteiger partial charge in [-0.25, -0.2) is 9.67 Å². The maximum Gasteiger partial charge on any atom is 0.254 e. The Morgan fingerprint density at radius 3 is 2.52 bits per heavy atom. The van der Waals surface area contributed by atoms with Gasteiger partial charge in [0.05, 0.1) is 30.4 Å². The fourth-order valence-corrected chi connectivity index (χ4v) is 2.82. The summed E-state index contributed by atoms with van der Waals surface area (Å²) < 4.78 is 7.23. The molecule has 1 aliphatic heterocycles. The molecule has 1 amide bonds. The number of aromatic nitrogens is 3. The van der Waals surface area contributed by atoms with Gasteiger partial charge in [0, 0.05) is 24.8 Å². The van der Waals surface area contributed by atoms with E-state index in [1.165, 1.54) is 0 Å². The van der Waals surface area contributed by atoms with Crippen molar-refractivity contribution in [3.05, 3.63) is 23.5 Å². The number of nitrogens with zero attached hydrogens (tertiary/aromatic N) is 4. The molecule has 0 radical (unpaired) electrons. The van der Waals surface area contributed by atoms with Crippen molar-refractivity contribution in [2.24, 2.45) is 0 Å². The molecule has 0 bridgehead atoms. The fourth-order valence-electron chi connectivity index (χ4n) is 2.82. The van der Waals surface area contributed by atoms with Crippen LogP contribution in [0.1, 0.15) is 55.7 Å². The van der Waals surface area contributed by atoms with Crippen molar-refractivity contribution in [2.75, 3.05) is 26.3 Å². The highest BCUT2D eigenvalue weighted by molar-refractivity contribution is 6.05. The Morgan fingerprint density at radius 1 is 1.22 bits per heavy atom. The molecule has 1 aliphatic rings. The van der Waals surface area contributed by atoms with E-state index < -0.39 is 0 Å². The van der Waals surface area contributed by atoms with Gasteiger partial charge in [-0.3, -0.25) is 4.79 Å². The zero-order valence-electron chi connectivity index (χ0n) is 14.2. The van der Waals surface area contributed by atoms with Gasteiger partial charge < -0.3 is 9.64 Å². The number of carbonyl (C=O) groups excluding carboxylic acids is 1. The van der Waals surface area contributed by atoms with Crippen molar-refractivity contribution in [3.8, 4) is 0 Å². The molecule has 0 N–H and O–H groups in total. The number of amides is 1.